The Morgan fingerprint density at radius 3 is 2.85 bits per heavy atom. The van der Waals surface area contributed by atoms with Gasteiger partial charge in [-0.25, -0.2) is 0 Å². The fraction of sp³-hybridized carbons (Fsp3) is 0.333. The van der Waals surface area contributed by atoms with Crippen LogP contribution in [-0.2, 0) is 16.0 Å². The van der Waals surface area contributed by atoms with Gasteiger partial charge in [-0.05, 0) is 30.2 Å². The predicted octanol–water partition coefficient (Wildman–Crippen LogP) is 0.668. The number of hydrogen-bond donors (Lipinski definition) is 1. The highest BCUT2D eigenvalue weighted by molar-refractivity contribution is 5.91. The number of nitrogens with zero attached hydrogens (tertiary/aromatic N) is 2. The molecule has 2 rings (SSSR count). The van der Waals surface area contributed by atoms with Crippen LogP contribution in [0.15, 0.2) is 36.9 Å². The molecule has 0 unspecified atom stereocenters. The monoisotopic (exact) mass is 273 g/mol. The maximum atomic E-state index is 12.0. The molecule has 1 fully saturated rings. The molecule has 1 saturated heterocycles. The molecule has 20 heavy (non-hydrogen) atoms. The van der Waals surface area contributed by atoms with Crippen molar-refractivity contribution in [3.8, 4) is 0 Å². The van der Waals surface area contributed by atoms with Crippen LogP contribution in [0.5, 0.6) is 0 Å². The van der Waals surface area contributed by atoms with Crippen LogP contribution in [-0.4, -0.2) is 47.8 Å². The van der Waals surface area contributed by atoms with Crippen LogP contribution in [0.4, 0.5) is 5.69 Å². The van der Waals surface area contributed by atoms with Crippen molar-refractivity contribution in [2.45, 2.75) is 6.42 Å². The third-order valence-electron chi connectivity index (χ3n) is 3.43. The minimum absolute atomic E-state index is 0.0182. The SMILES string of the molecule is C=CC(=O)N1CCN(CCc2cccc(N)c2)C(=O)C1. The van der Waals surface area contributed by atoms with Crippen LogP contribution < -0.4 is 5.73 Å². The highest BCUT2D eigenvalue weighted by Gasteiger charge is 2.25. The van der Waals surface area contributed by atoms with Crippen LogP contribution in [0.25, 0.3) is 0 Å². The first-order chi connectivity index (χ1) is 9.60. The van der Waals surface area contributed by atoms with Crippen molar-refractivity contribution in [2.24, 2.45) is 0 Å². The molecular formula is C15H19N3O2. The van der Waals surface area contributed by atoms with E-state index in [0.29, 0.717) is 19.6 Å². The van der Waals surface area contributed by atoms with Crippen LogP contribution in [0.1, 0.15) is 5.56 Å². The minimum atomic E-state index is -0.186. The maximum absolute atomic E-state index is 12.0. The topological polar surface area (TPSA) is 66.6 Å². The maximum Gasteiger partial charge on any atom is 0.246 e. The summed E-state index contributed by atoms with van der Waals surface area (Å²) in [5, 5.41) is 0. The largest absolute Gasteiger partial charge is 0.399 e. The summed E-state index contributed by atoms with van der Waals surface area (Å²) in [6, 6.07) is 7.67. The summed E-state index contributed by atoms with van der Waals surface area (Å²) in [4.78, 5) is 26.8. The Balaban J connectivity index is 1.87. The lowest BCUT2D eigenvalue weighted by Crippen LogP contribution is -2.52. The molecule has 0 bridgehead atoms. The number of nitrogens with two attached hydrogens (primary N) is 1. The number of rotatable bonds is 4. The van der Waals surface area contributed by atoms with Crippen molar-refractivity contribution < 1.29 is 9.59 Å². The molecule has 2 N–H and O–H groups in total. The Hall–Kier alpha value is -2.30. The molecule has 106 valence electrons. The van der Waals surface area contributed by atoms with Gasteiger partial charge in [0.25, 0.3) is 0 Å². The van der Waals surface area contributed by atoms with E-state index in [9.17, 15) is 9.59 Å². The van der Waals surface area contributed by atoms with Crippen molar-refractivity contribution in [1.29, 1.82) is 0 Å². The van der Waals surface area contributed by atoms with Gasteiger partial charge in [-0.2, -0.15) is 0 Å². The Bertz CT molecular complexity index is 528. The average molecular weight is 273 g/mol. The molecular weight excluding hydrogens is 254 g/mol. The molecule has 0 aliphatic carbocycles. The van der Waals surface area contributed by atoms with Gasteiger partial charge in [0.2, 0.25) is 11.8 Å². The molecule has 0 saturated carbocycles. The second kappa shape index (κ2) is 6.23. The number of anilines is 1. The van der Waals surface area contributed by atoms with E-state index in [1.54, 1.807) is 4.90 Å². The number of nitrogen functional groups attached to an aromatic ring is 1. The molecule has 2 amide bonds. The van der Waals surface area contributed by atoms with E-state index in [-0.39, 0.29) is 18.4 Å². The first-order valence-electron chi connectivity index (χ1n) is 6.63. The summed E-state index contributed by atoms with van der Waals surface area (Å²) in [6.45, 7) is 5.36. The third-order valence-corrected chi connectivity index (χ3v) is 3.43. The van der Waals surface area contributed by atoms with E-state index in [2.05, 4.69) is 6.58 Å². The van der Waals surface area contributed by atoms with Gasteiger partial charge in [0.05, 0.1) is 0 Å². The van der Waals surface area contributed by atoms with Crippen molar-refractivity contribution in [3.05, 3.63) is 42.5 Å². The lowest BCUT2D eigenvalue weighted by molar-refractivity contribution is -0.142. The van der Waals surface area contributed by atoms with E-state index in [0.717, 1.165) is 17.7 Å². The minimum Gasteiger partial charge on any atom is -0.399 e. The zero-order valence-corrected chi connectivity index (χ0v) is 11.4. The Morgan fingerprint density at radius 1 is 1.40 bits per heavy atom. The smallest absolute Gasteiger partial charge is 0.246 e. The van der Waals surface area contributed by atoms with Crippen molar-refractivity contribution in [1.82, 2.24) is 9.80 Å². The van der Waals surface area contributed by atoms with Crippen molar-refractivity contribution >= 4 is 17.5 Å². The predicted molar refractivity (Wildman–Crippen MR) is 77.9 cm³/mol. The standard InChI is InChI=1S/C15H19N3O2/c1-2-14(19)18-9-8-17(15(20)11-18)7-6-12-4-3-5-13(16)10-12/h2-5,10H,1,6-9,11,16H2. The number of carbonyl (C=O) groups is 2. The van der Waals surface area contributed by atoms with E-state index in [4.69, 9.17) is 5.73 Å². The molecule has 1 aliphatic rings. The van der Waals surface area contributed by atoms with Gasteiger partial charge in [0.15, 0.2) is 0 Å². The second-order valence-corrected chi connectivity index (χ2v) is 4.84. The summed E-state index contributed by atoms with van der Waals surface area (Å²) in [5.74, 6) is -0.204. The van der Waals surface area contributed by atoms with Gasteiger partial charge >= 0.3 is 0 Å². The molecule has 0 aromatic heterocycles. The first kappa shape index (κ1) is 14.1. The normalized spacial score (nSPS) is 15.3. The second-order valence-electron chi connectivity index (χ2n) is 4.84. The molecule has 1 aromatic rings. The summed E-state index contributed by atoms with van der Waals surface area (Å²) in [7, 11) is 0. The Labute approximate surface area is 118 Å². The van der Waals surface area contributed by atoms with Crippen molar-refractivity contribution in [3.63, 3.8) is 0 Å². The van der Waals surface area contributed by atoms with Gasteiger partial charge in [0.1, 0.15) is 6.54 Å². The molecule has 5 nitrogen and oxygen atoms in total. The van der Waals surface area contributed by atoms with E-state index in [1.165, 1.54) is 11.0 Å². The quantitative estimate of drug-likeness (QED) is 0.647. The molecule has 0 radical (unpaired) electrons. The van der Waals surface area contributed by atoms with Crippen LogP contribution >= 0.6 is 0 Å². The number of hydrogen-bond acceptors (Lipinski definition) is 3. The van der Waals surface area contributed by atoms with Gasteiger partial charge in [0, 0.05) is 25.3 Å². The van der Waals surface area contributed by atoms with Gasteiger partial charge in [-0.3, -0.25) is 9.59 Å². The zero-order valence-electron chi connectivity index (χ0n) is 11.4. The van der Waals surface area contributed by atoms with Gasteiger partial charge < -0.3 is 15.5 Å². The van der Waals surface area contributed by atoms with Crippen LogP contribution in [0.3, 0.4) is 0 Å². The number of amides is 2. The van der Waals surface area contributed by atoms with E-state index in [1.807, 2.05) is 24.3 Å². The highest BCUT2D eigenvalue weighted by Crippen LogP contribution is 2.10. The summed E-state index contributed by atoms with van der Waals surface area (Å²) >= 11 is 0. The molecule has 0 spiro atoms. The lowest BCUT2D eigenvalue weighted by Gasteiger charge is -2.33. The lowest BCUT2D eigenvalue weighted by atomic mass is 10.1. The number of carbonyl (C=O) groups excluding carboxylic acids is 2. The Morgan fingerprint density at radius 2 is 2.20 bits per heavy atom. The van der Waals surface area contributed by atoms with E-state index >= 15 is 0 Å². The van der Waals surface area contributed by atoms with Gasteiger partial charge in [-0.1, -0.05) is 18.7 Å². The average Bonchev–Trinajstić information content (AvgIpc) is 2.45. The fourth-order valence-corrected chi connectivity index (χ4v) is 2.27. The number of benzene rings is 1. The fourth-order valence-electron chi connectivity index (χ4n) is 2.27. The van der Waals surface area contributed by atoms with E-state index < -0.39 is 0 Å². The van der Waals surface area contributed by atoms with Crippen LogP contribution in [0, 0.1) is 0 Å². The summed E-state index contributed by atoms with van der Waals surface area (Å²) in [6.07, 6.45) is 2.02. The summed E-state index contributed by atoms with van der Waals surface area (Å²) in [5.41, 5.74) is 7.57. The number of piperazine rings is 1. The highest BCUT2D eigenvalue weighted by atomic mass is 16.2. The molecule has 0 atom stereocenters. The third kappa shape index (κ3) is 3.38. The molecule has 1 aliphatic heterocycles. The van der Waals surface area contributed by atoms with Gasteiger partial charge in [-0.15, -0.1) is 0 Å². The first-order valence-corrected chi connectivity index (χ1v) is 6.63. The molecule has 1 heterocycles. The molecule has 1 aromatic carbocycles. The van der Waals surface area contributed by atoms with Crippen LogP contribution in [0.2, 0.25) is 0 Å². The molecule has 5 heteroatoms. The van der Waals surface area contributed by atoms with Crippen molar-refractivity contribution in [2.75, 3.05) is 31.9 Å². The zero-order chi connectivity index (χ0) is 14.5. The summed E-state index contributed by atoms with van der Waals surface area (Å²) < 4.78 is 0. The Kier molecular flexibility index (Phi) is 4.40.